The quantitative estimate of drug-likeness (QED) is 0.741. The molecule has 2 N–H and O–H groups in total. The predicted octanol–water partition coefficient (Wildman–Crippen LogP) is 2.63. The fourth-order valence-electron chi connectivity index (χ4n) is 3.53. The number of piperidine rings is 1. The van der Waals surface area contributed by atoms with Crippen molar-refractivity contribution in [1.29, 1.82) is 0 Å². The minimum Gasteiger partial charge on any atom is -0.353 e. The highest BCUT2D eigenvalue weighted by Gasteiger charge is 2.22. The molecule has 3 rings (SSSR count). The van der Waals surface area contributed by atoms with E-state index in [0.717, 1.165) is 25.2 Å². The summed E-state index contributed by atoms with van der Waals surface area (Å²) in [6, 6.07) is 18.2. The van der Waals surface area contributed by atoms with Gasteiger partial charge in [-0.1, -0.05) is 55.0 Å². The maximum absolute atomic E-state index is 12.8. The molecule has 1 saturated heterocycles. The van der Waals surface area contributed by atoms with E-state index in [-0.39, 0.29) is 11.8 Å². The molecule has 1 heterocycles. The molecule has 0 saturated carbocycles. The van der Waals surface area contributed by atoms with E-state index in [9.17, 15) is 9.59 Å². The Balaban J connectivity index is 1.59. The van der Waals surface area contributed by atoms with Crippen LogP contribution in [0.3, 0.4) is 0 Å². The lowest BCUT2D eigenvalue weighted by Gasteiger charge is -2.27. The van der Waals surface area contributed by atoms with Crippen LogP contribution in [0.1, 0.15) is 35.2 Å². The predicted molar refractivity (Wildman–Crippen MR) is 111 cm³/mol. The Bertz CT molecular complexity index is 743. The van der Waals surface area contributed by atoms with Crippen molar-refractivity contribution in [1.82, 2.24) is 15.5 Å². The highest BCUT2D eigenvalue weighted by molar-refractivity contribution is 5.97. The molecule has 0 aliphatic carbocycles. The molecule has 5 nitrogen and oxygen atoms in total. The lowest BCUT2D eigenvalue weighted by atomic mass is 10.0. The number of benzene rings is 2. The second kappa shape index (κ2) is 10.6. The van der Waals surface area contributed by atoms with Crippen LogP contribution < -0.4 is 10.6 Å². The number of amides is 2. The summed E-state index contributed by atoms with van der Waals surface area (Å²) in [5.41, 5.74) is 1.58. The zero-order valence-corrected chi connectivity index (χ0v) is 16.3. The minimum absolute atomic E-state index is 0.134. The molecule has 1 aliphatic rings. The molecule has 1 unspecified atom stereocenters. The van der Waals surface area contributed by atoms with Crippen molar-refractivity contribution in [3.8, 4) is 0 Å². The van der Waals surface area contributed by atoms with E-state index < -0.39 is 6.04 Å². The third-order valence-corrected chi connectivity index (χ3v) is 5.12. The van der Waals surface area contributed by atoms with Crippen LogP contribution in [0.15, 0.2) is 60.7 Å². The summed E-state index contributed by atoms with van der Waals surface area (Å²) in [5.74, 6) is -0.363. The molecule has 0 aromatic heterocycles. The highest BCUT2D eigenvalue weighted by atomic mass is 16.2. The van der Waals surface area contributed by atoms with Crippen molar-refractivity contribution < 1.29 is 9.59 Å². The Hall–Kier alpha value is -2.66. The summed E-state index contributed by atoms with van der Waals surface area (Å²) < 4.78 is 0. The topological polar surface area (TPSA) is 61.4 Å². The third-order valence-electron chi connectivity index (χ3n) is 5.12. The number of rotatable bonds is 8. The van der Waals surface area contributed by atoms with Crippen LogP contribution in [0.5, 0.6) is 0 Å². The number of hydrogen-bond acceptors (Lipinski definition) is 3. The molecule has 1 atom stereocenters. The van der Waals surface area contributed by atoms with E-state index in [0.29, 0.717) is 18.5 Å². The van der Waals surface area contributed by atoms with Crippen LogP contribution in [0, 0.1) is 0 Å². The normalized spacial score (nSPS) is 15.6. The molecular weight excluding hydrogens is 350 g/mol. The first-order valence-electron chi connectivity index (χ1n) is 10.1. The Morgan fingerprint density at radius 3 is 2.21 bits per heavy atom. The van der Waals surface area contributed by atoms with Gasteiger partial charge in [0.05, 0.1) is 0 Å². The molecule has 28 heavy (non-hydrogen) atoms. The van der Waals surface area contributed by atoms with Crippen molar-refractivity contribution in [2.75, 3.05) is 26.2 Å². The van der Waals surface area contributed by atoms with Crippen molar-refractivity contribution in [2.24, 2.45) is 0 Å². The van der Waals surface area contributed by atoms with Crippen molar-refractivity contribution >= 4 is 11.8 Å². The number of nitrogens with zero attached hydrogens (tertiary/aromatic N) is 1. The Morgan fingerprint density at radius 2 is 1.54 bits per heavy atom. The summed E-state index contributed by atoms with van der Waals surface area (Å²) in [6.07, 6.45) is 4.23. The minimum atomic E-state index is -0.600. The molecule has 2 aromatic rings. The smallest absolute Gasteiger partial charge is 0.251 e. The molecule has 0 bridgehead atoms. The van der Waals surface area contributed by atoms with Crippen LogP contribution in [0.4, 0.5) is 0 Å². The van der Waals surface area contributed by atoms with Gasteiger partial charge >= 0.3 is 0 Å². The van der Waals surface area contributed by atoms with E-state index in [1.807, 2.05) is 48.5 Å². The first-order valence-corrected chi connectivity index (χ1v) is 10.1. The van der Waals surface area contributed by atoms with Gasteiger partial charge in [0.1, 0.15) is 6.04 Å². The van der Waals surface area contributed by atoms with E-state index in [1.54, 1.807) is 12.1 Å². The fraction of sp³-hybridized carbons (Fsp3) is 0.391. The largest absolute Gasteiger partial charge is 0.353 e. The Labute approximate surface area is 167 Å². The van der Waals surface area contributed by atoms with E-state index in [4.69, 9.17) is 0 Å². The molecular formula is C23H29N3O2. The van der Waals surface area contributed by atoms with Gasteiger partial charge in [0.2, 0.25) is 5.91 Å². The Morgan fingerprint density at radius 1 is 0.893 bits per heavy atom. The molecule has 1 fully saturated rings. The molecule has 1 aliphatic heterocycles. The zero-order valence-electron chi connectivity index (χ0n) is 16.3. The summed E-state index contributed by atoms with van der Waals surface area (Å²) in [4.78, 5) is 27.8. The zero-order chi connectivity index (χ0) is 19.6. The summed E-state index contributed by atoms with van der Waals surface area (Å²) in [5, 5.41) is 5.92. The van der Waals surface area contributed by atoms with Crippen LogP contribution in [0.25, 0.3) is 0 Å². The first-order chi connectivity index (χ1) is 13.7. The van der Waals surface area contributed by atoms with E-state index in [1.165, 1.54) is 19.3 Å². The van der Waals surface area contributed by atoms with Crippen LogP contribution in [0.2, 0.25) is 0 Å². The van der Waals surface area contributed by atoms with Gasteiger partial charge in [0.15, 0.2) is 0 Å². The lowest BCUT2D eigenvalue weighted by Crippen LogP contribution is -2.49. The number of nitrogens with one attached hydrogen (secondary N) is 2. The van der Waals surface area contributed by atoms with Gasteiger partial charge in [0.25, 0.3) is 5.91 Å². The van der Waals surface area contributed by atoms with Gasteiger partial charge in [-0.3, -0.25) is 9.59 Å². The van der Waals surface area contributed by atoms with Crippen molar-refractivity contribution in [2.45, 2.75) is 31.7 Å². The standard InChI is InChI=1S/C23H29N3O2/c27-22(20-12-6-2-7-13-20)25-21(18-19-10-4-1-5-11-19)23(28)24-14-17-26-15-8-3-9-16-26/h1-2,4-7,10-13,21H,3,8-9,14-18H2,(H,24,28)(H,25,27). The Kier molecular flexibility index (Phi) is 7.62. The average Bonchev–Trinajstić information content (AvgIpc) is 2.75. The molecule has 0 spiro atoms. The fourth-order valence-corrected chi connectivity index (χ4v) is 3.53. The van der Waals surface area contributed by atoms with Gasteiger partial charge < -0.3 is 15.5 Å². The number of carbonyl (C=O) groups excluding carboxylic acids is 2. The molecule has 2 aromatic carbocycles. The number of hydrogen-bond donors (Lipinski definition) is 2. The second-order valence-electron chi connectivity index (χ2n) is 7.28. The van der Waals surface area contributed by atoms with Crippen LogP contribution in [-0.2, 0) is 11.2 Å². The number of carbonyl (C=O) groups is 2. The van der Waals surface area contributed by atoms with Crippen LogP contribution in [-0.4, -0.2) is 48.9 Å². The van der Waals surface area contributed by atoms with Crippen molar-refractivity contribution in [3.63, 3.8) is 0 Å². The lowest BCUT2D eigenvalue weighted by molar-refractivity contribution is -0.123. The summed E-state index contributed by atoms with van der Waals surface area (Å²) in [7, 11) is 0. The molecule has 0 radical (unpaired) electrons. The van der Waals surface area contributed by atoms with Gasteiger partial charge in [-0.05, 0) is 43.6 Å². The van der Waals surface area contributed by atoms with Gasteiger partial charge in [0, 0.05) is 25.1 Å². The third kappa shape index (κ3) is 6.20. The second-order valence-corrected chi connectivity index (χ2v) is 7.28. The van der Waals surface area contributed by atoms with Gasteiger partial charge in [-0.2, -0.15) is 0 Å². The summed E-state index contributed by atoms with van der Waals surface area (Å²) in [6.45, 7) is 3.67. The monoisotopic (exact) mass is 379 g/mol. The number of likely N-dealkylation sites (tertiary alicyclic amines) is 1. The highest BCUT2D eigenvalue weighted by Crippen LogP contribution is 2.08. The SMILES string of the molecule is O=C(NC(Cc1ccccc1)C(=O)NCCN1CCCCC1)c1ccccc1. The van der Waals surface area contributed by atoms with Gasteiger partial charge in [-0.25, -0.2) is 0 Å². The first kappa shape index (κ1) is 20.1. The molecule has 148 valence electrons. The summed E-state index contributed by atoms with van der Waals surface area (Å²) >= 11 is 0. The van der Waals surface area contributed by atoms with Crippen molar-refractivity contribution in [3.05, 3.63) is 71.8 Å². The molecule has 2 amide bonds. The van der Waals surface area contributed by atoms with Gasteiger partial charge in [-0.15, -0.1) is 0 Å². The maximum atomic E-state index is 12.8. The maximum Gasteiger partial charge on any atom is 0.251 e. The van der Waals surface area contributed by atoms with E-state index >= 15 is 0 Å². The van der Waals surface area contributed by atoms with E-state index in [2.05, 4.69) is 15.5 Å². The average molecular weight is 380 g/mol. The molecule has 5 heteroatoms. The van der Waals surface area contributed by atoms with Crippen LogP contribution >= 0.6 is 0 Å².